The molecule has 1 aromatic heterocycles. The van der Waals surface area contributed by atoms with Crippen LogP contribution in [0.5, 0.6) is 0 Å². The van der Waals surface area contributed by atoms with Crippen molar-refractivity contribution in [2.24, 2.45) is 0 Å². The van der Waals surface area contributed by atoms with Gasteiger partial charge in [-0.3, -0.25) is 14.6 Å². The number of rotatable bonds is 5. The van der Waals surface area contributed by atoms with E-state index in [1.165, 1.54) is 6.92 Å². The molecule has 6 nitrogen and oxygen atoms in total. The van der Waals surface area contributed by atoms with E-state index in [2.05, 4.69) is 20.9 Å². The van der Waals surface area contributed by atoms with E-state index in [9.17, 15) is 9.59 Å². The molecule has 2 amide bonds. The summed E-state index contributed by atoms with van der Waals surface area (Å²) < 4.78 is 0. The molecule has 0 saturated heterocycles. The number of aromatic nitrogens is 1. The highest BCUT2D eigenvalue weighted by atomic mass is 35.5. The molecule has 0 fully saturated rings. The summed E-state index contributed by atoms with van der Waals surface area (Å²) in [6.07, 6.45) is 1.56. The molecule has 3 rings (SSSR count). The van der Waals surface area contributed by atoms with Crippen LogP contribution in [0.25, 0.3) is 0 Å². The topological polar surface area (TPSA) is 83.1 Å². The first-order chi connectivity index (χ1) is 13.4. The average molecular weight is 395 g/mol. The van der Waals surface area contributed by atoms with Crippen molar-refractivity contribution in [2.45, 2.75) is 13.8 Å². The zero-order valence-corrected chi connectivity index (χ0v) is 16.2. The van der Waals surface area contributed by atoms with Gasteiger partial charge >= 0.3 is 0 Å². The van der Waals surface area contributed by atoms with Crippen molar-refractivity contribution >= 4 is 46.2 Å². The maximum Gasteiger partial charge on any atom is 0.274 e. The molecule has 142 valence electrons. The Bertz CT molecular complexity index is 1040. The fourth-order valence-electron chi connectivity index (χ4n) is 2.61. The molecule has 0 bridgehead atoms. The highest BCUT2D eigenvalue weighted by Crippen LogP contribution is 2.24. The van der Waals surface area contributed by atoms with Crippen molar-refractivity contribution in [3.63, 3.8) is 0 Å². The highest BCUT2D eigenvalue weighted by molar-refractivity contribution is 6.31. The van der Waals surface area contributed by atoms with Gasteiger partial charge in [-0.15, -0.1) is 0 Å². The van der Waals surface area contributed by atoms with E-state index in [-0.39, 0.29) is 17.5 Å². The SMILES string of the molecule is CC(=O)Nc1cccc(Nc2ccnc(C(=O)Nc3cccc(Cl)c3C)c2)c1. The molecular formula is C21H19ClN4O2. The summed E-state index contributed by atoms with van der Waals surface area (Å²) in [5, 5.41) is 9.35. The monoisotopic (exact) mass is 394 g/mol. The number of amides is 2. The van der Waals surface area contributed by atoms with E-state index >= 15 is 0 Å². The Balaban J connectivity index is 1.76. The smallest absolute Gasteiger partial charge is 0.274 e. The first-order valence-electron chi connectivity index (χ1n) is 8.59. The molecule has 0 atom stereocenters. The van der Waals surface area contributed by atoms with E-state index in [1.54, 1.807) is 48.7 Å². The molecule has 7 heteroatoms. The van der Waals surface area contributed by atoms with Crippen LogP contribution in [-0.2, 0) is 4.79 Å². The van der Waals surface area contributed by atoms with Crippen molar-refractivity contribution in [1.82, 2.24) is 4.98 Å². The number of benzene rings is 2. The van der Waals surface area contributed by atoms with Gasteiger partial charge < -0.3 is 16.0 Å². The standard InChI is InChI=1S/C21H19ClN4O2/c1-13-18(22)7-4-8-19(13)26-21(28)20-12-17(9-10-23-20)25-16-6-3-5-15(11-16)24-14(2)27/h3-12H,1-2H3,(H,23,25)(H,24,27)(H,26,28). The summed E-state index contributed by atoms with van der Waals surface area (Å²) in [5.74, 6) is -0.475. The molecule has 0 aliphatic carbocycles. The second-order valence-electron chi connectivity index (χ2n) is 6.18. The minimum atomic E-state index is -0.332. The third kappa shape index (κ3) is 4.86. The lowest BCUT2D eigenvalue weighted by molar-refractivity contribution is -0.114. The van der Waals surface area contributed by atoms with E-state index in [0.717, 1.165) is 11.3 Å². The fraction of sp³-hybridized carbons (Fsp3) is 0.0952. The van der Waals surface area contributed by atoms with Crippen molar-refractivity contribution < 1.29 is 9.59 Å². The third-order valence-corrected chi connectivity index (χ3v) is 4.39. The van der Waals surface area contributed by atoms with E-state index < -0.39 is 0 Å². The number of hydrogen-bond donors (Lipinski definition) is 3. The van der Waals surface area contributed by atoms with Gasteiger partial charge in [0.2, 0.25) is 5.91 Å². The first-order valence-corrected chi connectivity index (χ1v) is 8.97. The van der Waals surface area contributed by atoms with Crippen LogP contribution in [0.4, 0.5) is 22.7 Å². The summed E-state index contributed by atoms with van der Waals surface area (Å²) in [6, 6.07) is 16.0. The van der Waals surface area contributed by atoms with Gasteiger partial charge in [0.05, 0.1) is 0 Å². The molecule has 28 heavy (non-hydrogen) atoms. The molecule has 2 aromatic carbocycles. The number of halogens is 1. The maximum absolute atomic E-state index is 12.6. The number of anilines is 4. The number of nitrogens with zero attached hydrogens (tertiary/aromatic N) is 1. The minimum Gasteiger partial charge on any atom is -0.355 e. The van der Waals surface area contributed by atoms with Crippen molar-refractivity contribution in [3.8, 4) is 0 Å². The zero-order valence-electron chi connectivity index (χ0n) is 15.4. The Labute approximate surface area is 168 Å². The Kier molecular flexibility index (Phi) is 5.91. The van der Waals surface area contributed by atoms with Crippen LogP contribution in [0.2, 0.25) is 5.02 Å². The second-order valence-corrected chi connectivity index (χ2v) is 6.59. The van der Waals surface area contributed by atoms with Crippen LogP contribution < -0.4 is 16.0 Å². The van der Waals surface area contributed by atoms with Crippen LogP contribution >= 0.6 is 11.6 Å². The highest BCUT2D eigenvalue weighted by Gasteiger charge is 2.11. The van der Waals surface area contributed by atoms with Crippen LogP contribution in [0.1, 0.15) is 23.0 Å². The Morgan fingerprint density at radius 1 is 0.929 bits per heavy atom. The van der Waals surface area contributed by atoms with Crippen LogP contribution in [0.15, 0.2) is 60.8 Å². The molecule has 1 heterocycles. The van der Waals surface area contributed by atoms with Gasteiger partial charge in [0.15, 0.2) is 0 Å². The van der Waals surface area contributed by atoms with Gasteiger partial charge in [-0.25, -0.2) is 0 Å². The predicted molar refractivity (Wildman–Crippen MR) is 112 cm³/mol. The second kappa shape index (κ2) is 8.54. The zero-order chi connectivity index (χ0) is 20.1. The fourth-order valence-corrected chi connectivity index (χ4v) is 2.78. The minimum absolute atomic E-state index is 0.142. The lowest BCUT2D eigenvalue weighted by Gasteiger charge is -2.11. The number of carbonyl (C=O) groups excluding carboxylic acids is 2. The van der Waals surface area contributed by atoms with Crippen molar-refractivity contribution in [3.05, 3.63) is 77.1 Å². The van der Waals surface area contributed by atoms with Gasteiger partial charge in [-0.2, -0.15) is 0 Å². The van der Waals surface area contributed by atoms with E-state index in [0.29, 0.717) is 22.1 Å². The van der Waals surface area contributed by atoms with Crippen LogP contribution in [0, 0.1) is 6.92 Å². The molecule has 0 aliphatic rings. The average Bonchev–Trinajstić information content (AvgIpc) is 2.65. The molecule has 0 saturated carbocycles. The Morgan fingerprint density at radius 3 is 2.43 bits per heavy atom. The summed E-state index contributed by atoms with van der Waals surface area (Å²) in [7, 11) is 0. The van der Waals surface area contributed by atoms with Gasteiger partial charge in [-0.05, 0) is 55.0 Å². The van der Waals surface area contributed by atoms with Crippen LogP contribution in [-0.4, -0.2) is 16.8 Å². The van der Waals surface area contributed by atoms with Crippen molar-refractivity contribution in [1.29, 1.82) is 0 Å². The predicted octanol–water partition coefficient (Wildman–Crippen LogP) is 5.00. The van der Waals surface area contributed by atoms with Gasteiger partial charge in [-0.1, -0.05) is 23.7 Å². The molecule has 0 aliphatic heterocycles. The van der Waals surface area contributed by atoms with E-state index in [4.69, 9.17) is 11.6 Å². The van der Waals surface area contributed by atoms with Crippen molar-refractivity contribution in [2.75, 3.05) is 16.0 Å². The van der Waals surface area contributed by atoms with Gasteiger partial charge in [0, 0.05) is 40.9 Å². The Hall–Kier alpha value is -3.38. The van der Waals surface area contributed by atoms with E-state index in [1.807, 2.05) is 19.1 Å². The lowest BCUT2D eigenvalue weighted by Crippen LogP contribution is -2.14. The molecule has 0 spiro atoms. The maximum atomic E-state index is 12.6. The molecular weight excluding hydrogens is 376 g/mol. The molecule has 0 unspecified atom stereocenters. The first kappa shape index (κ1) is 19.4. The number of hydrogen-bond acceptors (Lipinski definition) is 4. The largest absolute Gasteiger partial charge is 0.355 e. The normalized spacial score (nSPS) is 10.2. The van der Waals surface area contributed by atoms with Gasteiger partial charge in [0.1, 0.15) is 5.69 Å². The number of pyridine rings is 1. The summed E-state index contributed by atoms with van der Waals surface area (Å²) in [5.41, 5.74) is 3.85. The third-order valence-electron chi connectivity index (χ3n) is 3.98. The summed E-state index contributed by atoms with van der Waals surface area (Å²) in [4.78, 5) is 27.9. The summed E-state index contributed by atoms with van der Waals surface area (Å²) in [6.45, 7) is 3.29. The Morgan fingerprint density at radius 2 is 1.64 bits per heavy atom. The summed E-state index contributed by atoms with van der Waals surface area (Å²) >= 11 is 6.10. The van der Waals surface area contributed by atoms with Gasteiger partial charge in [0.25, 0.3) is 5.91 Å². The lowest BCUT2D eigenvalue weighted by atomic mass is 10.2. The molecule has 3 N–H and O–H groups in total. The quantitative estimate of drug-likeness (QED) is 0.568. The number of nitrogens with one attached hydrogen (secondary N) is 3. The molecule has 0 radical (unpaired) electrons. The molecule has 3 aromatic rings. The number of carbonyl (C=O) groups is 2. The van der Waals surface area contributed by atoms with Crippen LogP contribution in [0.3, 0.4) is 0 Å².